The van der Waals surface area contributed by atoms with Gasteiger partial charge in [0, 0.05) is 42.2 Å². The van der Waals surface area contributed by atoms with Gasteiger partial charge >= 0.3 is 0 Å². The number of imidazole rings is 1. The van der Waals surface area contributed by atoms with Crippen molar-refractivity contribution in [2.24, 2.45) is 0 Å². The molecule has 1 saturated heterocycles. The van der Waals surface area contributed by atoms with Gasteiger partial charge in [0.25, 0.3) is 0 Å². The highest BCUT2D eigenvalue weighted by Crippen LogP contribution is 2.36. The smallest absolute Gasteiger partial charge is 0.150 e. The summed E-state index contributed by atoms with van der Waals surface area (Å²) in [5.41, 5.74) is 9.40. The molecule has 0 bridgehead atoms. The van der Waals surface area contributed by atoms with Crippen molar-refractivity contribution in [1.29, 1.82) is 0 Å². The van der Waals surface area contributed by atoms with E-state index in [1.807, 2.05) is 10.6 Å². The molecule has 0 radical (unpaired) electrons. The van der Waals surface area contributed by atoms with Gasteiger partial charge in [0.1, 0.15) is 34.5 Å². The van der Waals surface area contributed by atoms with Crippen molar-refractivity contribution in [3.05, 3.63) is 47.8 Å². The SMILES string of the molecule is C#Cc1ccc(F)c2cc(-c3nc(C4CCN(CCC(C)=O)CC4)n4ccnc(N)c34)[nH]c12. The van der Waals surface area contributed by atoms with Gasteiger partial charge in [-0.2, -0.15) is 0 Å². The molecule has 4 aromatic rings. The Kier molecular flexibility index (Phi) is 5.35. The van der Waals surface area contributed by atoms with E-state index in [1.54, 1.807) is 25.3 Å². The van der Waals surface area contributed by atoms with E-state index >= 15 is 0 Å². The van der Waals surface area contributed by atoms with Gasteiger partial charge in [-0.3, -0.25) is 9.20 Å². The van der Waals surface area contributed by atoms with E-state index < -0.39 is 0 Å². The predicted octanol–water partition coefficient (Wildman–Crippen LogP) is 3.74. The maximum Gasteiger partial charge on any atom is 0.150 e. The topological polar surface area (TPSA) is 92.3 Å². The number of H-pyrrole nitrogens is 1. The number of rotatable bonds is 5. The molecule has 0 atom stereocenters. The normalized spacial score (nSPS) is 15.3. The van der Waals surface area contributed by atoms with Crippen LogP contribution in [-0.4, -0.2) is 49.7 Å². The van der Waals surface area contributed by atoms with Crippen LogP contribution >= 0.6 is 0 Å². The molecule has 0 unspecified atom stereocenters. The second-order valence-corrected chi connectivity index (χ2v) is 8.63. The average Bonchev–Trinajstić information content (AvgIpc) is 3.42. The van der Waals surface area contributed by atoms with Gasteiger partial charge < -0.3 is 15.6 Å². The number of nitrogen functional groups attached to an aromatic ring is 1. The number of hydrogen-bond acceptors (Lipinski definition) is 5. The number of terminal acetylenes is 1. The number of ketones is 1. The maximum absolute atomic E-state index is 14.5. The summed E-state index contributed by atoms with van der Waals surface area (Å²) in [6.45, 7) is 4.24. The number of aromatic amines is 1. The van der Waals surface area contributed by atoms with E-state index in [4.69, 9.17) is 17.1 Å². The van der Waals surface area contributed by atoms with E-state index in [-0.39, 0.29) is 17.5 Å². The van der Waals surface area contributed by atoms with Gasteiger partial charge in [-0.05, 0) is 51.1 Å². The molecule has 0 aliphatic carbocycles. The van der Waals surface area contributed by atoms with Crippen molar-refractivity contribution in [1.82, 2.24) is 24.3 Å². The highest BCUT2D eigenvalue weighted by molar-refractivity contribution is 5.94. The van der Waals surface area contributed by atoms with Crippen molar-refractivity contribution in [2.75, 3.05) is 25.4 Å². The van der Waals surface area contributed by atoms with Crippen LogP contribution in [0, 0.1) is 18.2 Å². The van der Waals surface area contributed by atoms with Crippen LogP contribution in [0.1, 0.15) is 43.5 Å². The number of carbonyl (C=O) groups excluding carboxylic acids is 1. The number of halogens is 1. The van der Waals surface area contributed by atoms with Crippen molar-refractivity contribution in [3.63, 3.8) is 0 Å². The zero-order valence-corrected chi connectivity index (χ0v) is 18.4. The fraction of sp³-hybridized carbons (Fsp3) is 0.320. The summed E-state index contributed by atoms with van der Waals surface area (Å²) in [4.78, 5) is 26.2. The van der Waals surface area contributed by atoms with Crippen LogP contribution in [0.2, 0.25) is 0 Å². The number of benzene rings is 1. The van der Waals surface area contributed by atoms with Crippen LogP contribution in [0.25, 0.3) is 27.8 Å². The molecule has 33 heavy (non-hydrogen) atoms. The van der Waals surface area contributed by atoms with E-state index in [9.17, 15) is 9.18 Å². The van der Waals surface area contributed by atoms with Crippen molar-refractivity contribution in [2.45, 2.75) is 32.1 Å². The van der Waals surface area contributed by atoms with Crippen molar-refractivity contribution >= 4 is 28.0 Å². The molecule has 8 heteroatoms. The Hall–Kier alpha value is -3.70. The second kappa shape index (κ2) is 8.34. The minimum atomic E-state index is -0.348. The standard InChI is InChI=1S/C25H25FN6O/c1-3-16-4-5-19(26)18-14-20(29-21(16)18)22-23-24(27)28-9-13-32(23)25(30-22)17-7-11-31(12-8-17)10-6-15(2)33/h1,4-5,9,13-14,17,29H,6-8,10-12H2,2H3,(H2,27,28). The molecule has 3 N–H and O–H groups in total. The lowest BCUT2D eigenvalue weighted by molar-refractivity contribution is -0.117. The Balaban J connectivity index is 1.55. The fourth-order valence-electron chi connectivity index (χ4n) is 4.73. The van der Waals surface area contributed by atoms with Crippen LogP contribution in [0.15, 0.2) is 30.6 Å². The first-order chi connectivity index (χ1) is 16.0. The number of Topliss-reactive ketones (excluding diaryl/α,β-unsaturated/α-hetero) is 1. The van der Waals surface area contributed by atoms with E-state index in [2.05, 4.69) is 20.8 Å². The molecule has 3 aromatic heterocycles. The molecule has 0 spiro atoms. The first-order valence-electron chi connectivity index (χ1n) is 11.1. The summed E-state index contributed by atoms with van der Waals surface area (Å²) >= 11 is 0. The first-order valence-corrected chi connectivity index (χ1v) is 11.1. The first kappa shape index (κ1) is 21.2. The number of fused-ring (bicyclic) bond motifs is 2. The summed E-state index contributed by atoms with van der Waals surface area (Å²) in [6, 6.07) is 4.69. The number of nitrogens with one attached hydrogen (secondary N) is 1. The summed E-state index contributed by atoms with van der Waals surface area (Å²) in [5.74, 6) is 3.98. The molecule has 1 aromatic carbocycles. The molecular formula is C25H25FN6O. The van der Waals surface area contributed by atoms with Crippen LogP contribution in [0.4, 0.5) is 10.2 Å². The van der Waals surface area contributed by atoms with Gasteiger partial charge in [0.05, 0.1) is 11.2 Å². The Morgan fingerprint density at radius 2 is 2.15 bits per heavy atom. The average molecular weight is 445 g/mol. The maximum atomic E-state index is 14.5. The molecule has 5 rings (SSSR count). The quantitative estimate of drug-likeness (QED) is 0.458. The number of hydrogen-bond donors (Lipinski definition) is 2. The zero-order valence-electron chi connectivity index (χ0n) is 18.4. The summed E-state index contributed by atoms with van der Waals surface area (Å²) < 4.78 is 16.5. The highest BCUT2D eigenvalue weighted by Gasteiger charge is 2.27. The molecule has 7 nitrogen and oxygen atoms in total. The third-order valence-corrected chi connectivity index (χ3v) is 6.49. The van der Waals surface area contributed by atoms with Gasteiger partial charge in [-0.25, -0.2) is 14.4 Å². The minimum absolute atomic E-state index is 0.215. The zero-order chi connectivity index (χ0) is 23.1. The summed E-state index contributed by atoms with van der Waals surface area (Å²) in [6.07, 6.45) is 11.6. The van der Waals surface area contributed by atoms with Gasteiger partial charge in [-0.15, -0.1) is 6.42 Å². The third kappa shape index (κ3) is 3.74. The largest absolute Gasteiger partial charge is 0.382 e. The number of nitrogens with zero attached hydrogens (tertiary/aromatic N) is 4. The minimum Gasteiger partial charge on any atom is -0.382 e. The molecule has 1 aliphatic heterocycles. The number of nitrogens with two attached hydrogens (primary N) is 1. The molecule has 168 valence electrons. The van der Waals surface area contributed by atoms with Gasteiger partial charge in [0.2, 0.25) is 0 Å². The van der Waals surface area contributed by atoms with Crippen molar-refractivity contribution in [3.8, 4) is 23.7 Å². The van der Waals surface area contributed by atoms with Crippen LogP contribution < -0.4 is 5.73 Å². The molecule has 0 saturated carbocycles. The molecular weight excluding hydrogens is 419 g/mol. The van der Waals surface area contributed by atoms with Gasteiger partial charge in [-0.1, -0.05) is 5.92 Å². The fourth-order valence-corrected chi connectivity index (χ4v) is 4.73. The number of anilines is 1. The summed E-state index contributed by atoms with van der Waals surface area (Å²) in [7, 11) is 0. The summed E-state index contributed by atoms with van der Waals surface area (Å²) in [5, 5.41) is 0.421. The lowest BCUT2D eigenvalue weighted by Gasteiger charge is -2.31. The number of carbonyl (C=O) groups is 1. The Bertz CT molecular complexity index is 1400. The molecule has 1 aliphatic rings. The van der Waals surface area contributed by atoms with E-state index in [1.165, 1.54) is 6.07 Å². The lowest BCUT2D eigenvalue weighted by atomic mass is 9.96. The van der Waals surface area contributed by atoms with Gasteiger partial charge in [0.15, 0.2) is 0 Å². The second-order valence-electron chi connectivity index (χ2n) is 8.63. The highest BCUT2D eigenvalue weighted by atomic mass is 19.1. The third-order valence-electron chi connectivity index (χ3n) is 6.49. The van der Waals surface area contributed by atoms with Crippen LogP contribution in [-0.2, 0) is 4.79 Å². The number of likely N-dealkylation sites (tertiary alicyclic amines) is 1. The Labute approximate surface area is 190 Å². The van der Waals surface area contributed by atoms with Crippen LogP contribution in [0.3, 0.4) is 0 Å². The molecule has 1 fully saturated rings. The molecule has 4 heterocycles. The Morgan fingerprint density at radius 3 is 2.88 bits per heavy atom. The van der Waals surface area contributed by atoms with Crippen LogP contribution in [0.5, 0.6) is 0 Å². The predicted molar refractivity (Wildman–Crippen MR) is 126 cm³/mol. The lowest BCUT2D eigenvalue weighted by Crippen LogP contribution is -2.34. The van der Waals surface area contributed by atoms with E-state index in [0.29, 0.717) is 45.6 Å². The number of aromatic nitrogens is 4. The molecule has 0 amide bonds. The van der Waals surface area contributed by atoms with E-state index in [0.717, 1.165) is 38.3 Å². The Morgan fingerprint density at radius 1 is 1.36 bits per heavy atom. The van der Waals surface area contributed by atoms with Crippen molar-refractivity contribution < 1.29 is 9.18 Å². The number of piperidine rings is 1. The monoisotopic (exact) mass is 444 g/mol.